The van der Waals surface area contributed by atoms with Crippen molar-refractivity contribution in [1.82, 2.24) is 19.7 Å². The molecule has 1 aromatic carbocycles. The Balaban J connectivity index is 1.64. The third-order valence-electron chi connectivity index (χ3n) is 4.83. The first kappa shape index (κ1) is 24.2. The number of ether oxygens (including phenoxy) is 1. The van der Waals surface area contributed by atoms with Gasteiger partial charge in [-0.05, 0) is 18.2 Å². The number of nitriles is 2. The number of hydrogen-bond acceptors (Lipinski definition) is 10. The average molecular weight is 522 g/mol. The third-order valence-corrected chi connectivity index (χ3v) is 7.03. The van der Waals surface area contributed by atoms with E-state index >= 15 is 0 Å². The lowest BCUT2D eigenvalue weighted by molar-refractivity contribution is -0.141. The summed E-state index contributed by atoms with van der Waals surface area (Å²) in [6.07, 6.45) is 1.56. The molecule has 4 aromatic rings. The van der Waals surface area contributed by atoms with E-state index in [1.807, 2.05) is 35.7 Å². The molecule has 0 saturated carbocycles. The zero-order valence-corrected chi connectivity index (χ0v) is 20.6. The lowest BCUT2D eigenvalue weighted by atomic mass is 10.0. The second kappa shape index (κ2) is 10.6. The summed E-state index contributed by atoms with van der Waals surface area (Å²) in [6.45, 7) is -0.109. The topological polar surface area (TPSA) is 144 Å². The van der Waals surface area contributed by atoms with Gasteiger partial charge in [0.2, 0.25) is 0 Å². The number of nitrogen functional groups attached to an aromatic ring is 1. The molecule has 0 bridgehead atoms. The Hall–Kier alpha value is -3.90. The van der Waals surface area contributed by atoms with Gasteiger partial charge in [0, 0.05) is 33.5 Å². The molecule has 0 aliphatic carbocycles. The van der Waals surface area contributed by atoms with Gasteiger partial charge in [-0.1, -0.05) is 35.5 Å². The molecule has 2 N–H and O–H groups in total. The van der Waals surface area contributed by atoms with E-state index in [1.54, 1.807) is 12.3 Å². The van der Waals surface area contributed by atoms with E-state index in [1.165, 1.54) is 34.9 Å². The number of halogens is 1. The number of carbonyl (C=O) groups excluding carboxylic acids is 1. The maximum absolute atomic E-state index is 11.6. The fourth-order valence-corrected chi connectivity index (χ4v) is 5.12. The number of anilines is 1. The van der Waals surface area contributed by atoms with Gasteiger partial charge in [-0.3, -0.25) is 9.48 Å². The molecule has 0 aliphatic rings. The van der Waals surface area contributed by atoms with Crippen molar-refractivity contribution < 1.29 is 9.53 Å². The van der Waals surface area contributed by atoms with Gasteiger partial charge in [0.05, 0.1) is 24.1 Å². The van der Waals surface area contributed by atoms with E-state index in [2.05, 4.69) is 25.9 Å². The summed E-state index contributed by atoms with van der Waals surface area (Å²) in [4.78, 5) is 20.5. The number of pyridine rings is 1. The highest BCUT2D eigenvalue weighted by Gasteiger charge is 2.23. The fourth-order valence-electron chi connectivity index (χ4n) is 3.18. The van der Waals surface area contributed by atoms with E-state index < -0.39 is 5.97 Å². The van der Waals surface area contributed by atoms with Crippen molar-refractivity contribution in [2.75, 3.05) is 12.8 Å². The van der Waals surface area contributed by atoms with Crippen LogP contribution in [0.2, 0.25) is 5.02 Å². The van der Waals surface area contributed by atoms with Gasteiger partial charge < -0.3 is 10.5 Å². The van der Waals surface area contributed by atoms with Crippen LogP contribution in [0.25, 0.3) is 21.8 Å². The van der Waals surface area contributed by atoms with Crippen LogP contribution in [0, 0.1) is 22.7 Å². The Morgan fingerprint density at radius 1 is 1.20 bits per heavy atom. The predicted octanol–water partition coefficient (Wildman–Crippen LogP) is 4.51. The van der Waals surface area contributed by atoms with Crippen LogP contribution in [0.5, 0.6) is 0 Å². The minimum Gasteiger partial charge on any atom is -0.468 e. The van der Waals surface area contributed by atoms with Crippen molar-refractivity contribution in [2.45, 2.75) is 17.3 Å². The number of thiazole rings is 1. The molecular weight excluding hydrogens is 506 g/mol. The van der Waals surface area contributed by atoms with Gasteiger partial charge in [0.1, 0.15) is 40.1 Å². The zero-order valence-electron chi connectivity index (χ0n) is 18.2. The number of rotatable bonds is 7. The normalized spacial score (nSPS) is 10.5. The van der Waals surface area contributed by atoms with Gasteiger partial charge >= 0.3 is 5.97 Å². The smallest absolute Gasteiger partial charge is 0.327 e. The summed E-state index contributed by atoms with van der Waals surface area (Å²) in [5.41, 5.74) is 8.67. The molecule has 0 fully saturated rings. The van der Waals surface area contributed by atoms with E-state index in [9.17, 15) is 15.3 Å². The van der Waals surface area contributed by atoms with Gasteiger partial charge in [0.15, 0.2) is 0 Å². The Morgan fingerprint density at radius 3 is 2.63 bits per heavy atom. The van der Waals surface area contributed by atoms with E-state index in [4.69, 9.17) is 17.3 Å². The lowest BCUT2D eigenvalue weighted by Gasteiger charge is -2.11. The Labute approximate surface area is 213 Å². The van der Waals surface area contributed by atoms with Gasteiger partial charge in [-0.2, -0.15) is 15.6 Å². The monoisotopic (exact) mass is 521 g/mol. The van der Waals surface area contributed by atoms with Crippen molar-refractivity contribution in [3.63, 3.8) is 0 Å². The summed E-state index contributed by atoms with van der Waals surface area (Å²) >= 11 is 8.75. The first-order chi connectivity index (χ1) is 16.9. The molecule has 0 radical (unpaired) electrons. The summed E-state index contributed by atoms with van der Waals surface area (Å²) in [5.74, 6) is -0.0492. The molecule has 0 unspecified atom stereocenters. The van der Waals surface area contributed by atoms with Crippen LogP contribution in [0.15, 0.2) is 46.9 Å². The van der Waals surface area contributed by atoms with Crippen molar-refractivity contribution >= 4 is 46.5 Å². The quantitative estimate of drug-likeness (QED) is 0.274. The van der Waals surface area contributed by atoms with Gasteiger partial charge in [-0.25, -0.2) is 9.97 Å². The molecule has 3 heterocycles. The first-order valence-corrected chi connectivity index (χ1v) is 12.2. The standard InChI is InChI=1S/C23H16ClN7O2S2/c1-33-19(32)10-31-7-6-18(30-31)20-16(8-25)21(27)29-23(17(20)9-26)35-12-15-11-34-22(28-15)13-2-4-14(24)5-3-13/h2-7,11H,10,12H2,1H3,(H2,27,29). The second-order valence-corrected chi connectivity index (χ2v) is 9.32. The van der Waals surface area contributed by atoms with Crippen LogP contribution in [0.4, 0.5) is 5.82 Å². The van der Waals surface area contributed by atoms with Crippen LogP contribution >= 0.6 is 34.7 Å². The van der Waals surface area contributed by atoms with Gasteiger partial charge in [-0.15, -0.1) is 11.3 Å². The minimum absolute atomic E-state index is 0.00773. The molecule has 12 heteroatoms. The van der Waals surface area contributed by atoms with Crippen molar-refractivity contribution in [3.8, 4) is 34.0 Å². The van der Waals surface area contributed by atoms with E-state index in [0.717, 1.165) is 16.3 Å². The Morgan fingerprint density at radius 2 is 1.94 bits per heavy atom. The predicted molar refractivity (Wildman–Crippen MR) is 133 cm³/mol. The van der Waals surface area contributed by atoms with Crippen LogP contribution in [0.1, 0.15) is 16.8 Å². The number of thioether (sulfide) groups is 1. The second-order valence-electron chi connectivity index (χ2n) is 7.07. The number of nitrogens with two attached hydrogens (primary N) is 1. The van der Waals surface area contributed by atoms with E-state index in [-0.39, 0.29) is 29.1 Å². The van der Waals surface area contributed by atoms with Crippen LogP contribution < -0.4 is 5.73 Å². The van der Waals surface area contributed by atoms with Crippen LogP contribution in [0.3, 0.4) is 0 Å². The van der Waals surface area contributed by atoms with Crippen LogP contribution in [-0.2, 0) is 21.8 Å². The molecule has 0 aliphatic heterocycles. The Kier molecular flexibility index (Phi) is 7.32. The fraction of sp³-hybridized carbons (Fsp3) is 0.130. The summed E-state index contributed by atoms with van der Waals surface area (Å²) in [7, 11) is 1.28. The highest BCUT2D eigenvalue weighted by atomic mass is 35.5. The number of hydrogen-bond donors (Lipinski definition) is 1. The summed E-state index contributed by atoms with van der Waals surface area (Å²) < 4.78 is 6.02. The summed E-state index contributed by atoms with van der Waals surface area (Å²) in [5, 5.41) is 27.8. The number of nitrogens with zero attached hydrogens (tertiary/aromatic N) is 6. The summed E-state index contributed by atoms with van der Waals surface area (Å²) in [6, 6.07) is 13.2. The highest BCUT2D eigenvalue weighted by Crippen LogP contribution is 2.36. The largest absolute Gasteiger partial charge is 0.468 e. The molecule has 174 valence electrons. The number of aromatic nitrogens is 4. The van der Waals surface area contributed by atoms with Crippen molar-refractivity contribution in [3.05, 3.63) is 63.8 Å². The lowest BCUT2D eigenvalue weighted by Crippen LogP contribution is -2.12. The molecule has 0 spiro atoms. The maximum atomic E-state index is 11.6. The zero-order chi connectivity index (χ0) is 24.9. The number of esters is 1. The molecule has 9 nitrogen and oxygen atoms in total. The molecule has 3 aromatic heterocycles. The average Bonchev–Trinajstić information content (AvgIpc) is 3.52. The van der Waals surface area contributed by atoms with Crippen molar-refractivity contribution in [2.24, 2.45) is 0 Å². The molecule has 4 rings (SSSR count). The minimum atomic E-state index is -0.479. The van der Waals surface area contributed by atoms with E-state index in [0.29, 0.717) is 21.5 Å². The SMILES string of the molecule is COC(=O)Cn1ccc(-c2c(C#N)c(N)nc(SCc3csc(-c4ccc(Cl)cc4)n3)c2C#N)n1. The Bertz CT molecular complexity index is 1480. The maximum Gasteiger partial charge on any atom is 0.327 e. The molecule has 0 amide bonds. The molecule has 35 heavy (non-hydrogen) atoms. The molecule has 0 atom stereocenters. The number of methoxy groups -OCH3 is 1. The highest BCUT2D eigenvalue weighted by molar-refractivity contribution is 7.98. The first-order valence-electron chi connectivity index (χ1n) is 10.0. The molecular formula is C23H16ClN7O2S2. The van der Waals surface area contributed by atoms with Crippen molar-refractivity contribution in [1.29, 1.82) is 10.5 Å². The number of benzene rings is 1. The number of carbonyl (C=O) groups is 1. The molecule has 0 saturated heterocycles. The van der Waals surface area contributed by atoms with Gasteiger partial charge in [0.25, 0.3) is 0 Å². The van der Waals surface area contributed by atoms with Crippen LogP contribution in [-0.4, -0.2) is 32.8 Å². The third kappa shape index (κ3) is 5.28.